The van der Waals surface area contributed by atoms with E-state index in [1.807, 2.05) is 6.92 Å². The molecule has 0 spiro atoms. The Morgan fingerprint density at radius 2 is 2.00 bits per heavy atom. The van der Waals surface area contributed by atoms with Crippen LogP contribution in [0.1, 0.15) is 27.7 Å². The SMILES string of the molecule is CCc1sc(NC)c(C(=O)NC)c1CC(N)=O. The number of amides is 2. The number of hydrogen-bond acceptors (Lipinski definition) is 4. The lowest BCUT2D eigenvalue weighted by atomic mass is 10.0. The van der Waals surface area contributed by atoms with Gasteiger partial charge in [0.15, 0.2) is 0 Å². The zero-order valence-corrected chi connectivity index (χ0v) is 11.0. The molecule has 1 heterocycles. The van der Waals surface area contributed by atoms with E-state index in [1.54, 1.807) is 14.1 Å². The summed E-state index contributed by atoms with van der Waals surface area (Å²) in [6, 6.07) is 0. The van der Waals surface area contributed by atoms with Gasteiger partial charge >= 0.3 is 0 Å². The Bertz CT molecular complexity index is 440. The monoisotopic (exact) mass is 255 g/mol. The van der Waals surface area contributed by atoms with Gasteiger partial charge in [-0.25, -0.2) is 0 Å². The van der Waals surface area contributed by atoms with Crippen molar-refractivity contribution in [3.05, 3.63) is 16.0 Å². The molecule has 0 aliphatic heterocycles. The van der Waals surface area contributed by atoms with E-state index in [0.717, 1.165) is 21.9 Å². The fraction of sp³-hybridized carbons (Fsp3) is 0.455. The molecule has 94 valence electrons. The molecule has 5 nitrogen and oxygen atoms in total. The molecule has 1 aromatic rings. The van der Waals surface area contributed by atoms with Crippen LogP contribution in [0.5, 0.6) is 0 Å². The van der Waals surface area contributed by atoms with Gasteiger partial charge in [-0.1, -0.05) is 6.92 Å². The third-order valence-electron chi connectivity index (χ3n) is 2.44. The standard InChI is InChI=1S/C11H17N3O2S/c1-4-7-6(5-8(12)15)9(10(16)13-2)11(14-3)17-7/h14H,4-5H2,1-3H3,(H2,12,15)(H,13,16). The lowest BCUT2D eigenvalue weighted by molar-refractivity contribution is -0.117. The fourth-order valence-corrected chi connectivity index (χ4v) is 2.81. The highest BCUT2D eigenvalue weighted by Crippen LogP contribution is 2.33. The molecule has 0 aliphatic rings. The minimum atomic E-state index is -0.426. The molecule has 6 heteroatoms. The smallest absolute Gasteiger partial charge is 0.254 e. The predicted molar refractivity (Wildman–Crippen MR) is 69.5 cm³/mol. The second kappa shape index (κ2) is 5.67. The summed E-state index contributed by atoms with van der Waals surface area (Å²) < 4.78 is 0. The number of rotatable bonds is 5. The van der Waals surface area contributed by atoms with Crippen molar-refractivity contribution in [1.29, 1.82) is 0 Å². The third kappa shape index (κ3) is 2.76. The van der Waals surface area contributed by atoms with Gasteiger partial charge in [-0.2, -0.15) is 0 Å². The molecule has 17 heavy (non-hydrogen) atoms. The second-order valence-electron chi connectivity index (χ2n) is 3.53. The van der Waals surface area contributed by atoms with Crippen LogP contribution in [0.3, 0.4) is 0 Å². The van der Waals surface area contributed by atoms with E-state index in [0.29, 0.717) is 5.56 Å². The molecular formula is C11H17N3O2S. The van der Waals surface area contributed by atoms with Crippen LogP contribution in [0.15, 0.2) is 0 Å². The molecule has 0 bridgehead atoms. The van der Waals surface area contributed by atoms with E-state index >= 15 is 0 Å². The van der Waals surface area contributed by atoms with Crippen molar-refractivity contribution in [1.82, 2.24) is 5.32 Å². The average Bonchev–Trinajstić information content (AvgIpc) is 2.65. The number of anilines is 1. The lowest BCUT2D eigenvalue weighted by Gasteiger charge is -2.05. The number of aryl methyl sites for hydroxylation is 1. The first-order chi connectivity index (χ1) is 8.04. The van der Waals surface area contributed by atoms with Crippen molar-refractivity contribution in [2.75, 3.05) is 19.4 Å². The van der Waals surface area contributed by atoms with E-state index in [4.69, 9.17) is 5.73 Å². The highest BCUT2D eigenvalue weighted by Gasteiger charge is 2.22. The second-order valence-corrected chi connectivity index (χ2v) is 4.64. The number of hydrogen-bond donors (Lipinski definition) is 3. The predicted octanol–water partition coefficient (Wildman–Crippen LogP) is 0.740. The molecule has 1 aromatic heterocycles. The van der Waals surface area contributed by atoms with Crippen molar-refractivity contribution in [2.45, 2.75) is 19.8 Å². The summed E-state index contributed by atoms with van der Waals surface area (Å²) in [6.07, 6.45) is 0.878. The van der Waals surface area contributed by atoms with Gasteiger partial charge in [0.05, 0.1) is 12.0 Å². The van der Waals surface area contributed by atoms with Gasteiger partial charge in [0, 0.05) is 19.0 Å². The summed E-state index contributed by atoms with van der Waals surface area (Å²) in [5.74, 6) is -0.619. The number of nitrogens with one attached hydrogen (secondary N) is 2. The zero-order chi connectivity index (χ0) is 13.0. The van der Waals surface area contributed by atoms with Crippen LogP contribution in [-0.4, -0.2) is 25.9 Å². The van der Waals surface area contributed by atoms with Crippen LogP contribution in [0.2, 0.25) is 0 Å². The molecule has 0 fully saturated rings. The Labute approximate surface area is 104 Å². The molecule has 2 amide bonds. The largest absolute Gasteiger partial charge is 0.379 e. The Kier molecular flexibility index (Phi) is 4.51. The Morgan fingerprint density at radius 3 is 2.41 bits per heavy atom. The molecule has 1 rings (SSSR count). The van der Waals surface area contributed by atoms with E-state index in [1.165, 1.54) is 11.3 Å². The summed E-state index contributed by atoms with van der Waals surface area (Å²) in [6.45, 7) is 1.99. The van der Waals surface area contributed by atoms with Gasteiger partial charge in [0.2, 0.25) is 5.91 Å². The molecule has 0 saturated carbocycles. The molecule has 0 saturated heterocycles. The first kappa shape index (κ1) is 13.5. The first-order valence-electron chi connectivity index (χ1n) is 5.37. The van der Waals surface area contributed by atoms with E-state index < -0.39 is 5.91 Å². The number of primary amides is 1. The Morgan fingerprint density at radius 1 is 1.35 bits per heavy atom. The summed E-state index contributed by atoms with van der Waals surface area (Å²) in [4.78, 5) is 23.9. The summed E-state index contributed by atoms with van der Waals surface area (Å²) in [5.41, 5.74) is 6.50. The van der Waals surface area contributed by atoms with Gasteiger partial charge in [-0.05, 0) is 12.0 Å². The van der Waals surface area contributed by atoms with E-state index in [-0.39, 0.29) is 12.3 Å². The van der Waals surface area contributed by atoms with Crippen LogP contribution < -0.4 is 16.4 Å². The highest BCUT2D eigenvalue weighted by molar-refractivity contribution is 7.16. The Balaban J connectivity index is 3.34. The minimum absolute atomic E-state index is 0.101. The number of carbonyl (C=O) groups excluding carboxylic acids is 2. The maximum Gasteiger partial charge on any atom is 0.254 e. The lowest BCUT2D eigenvalue weighted by Crippen LogP contribution is -2.22. The zero-order valence-electron chi connectivity index (χ0n) is 10.2. The average molecular weight is 255 g/mol. The highest BCUT2D eigenvalue weighted by atomic mass is 32.1. The maximum atomic E-state index is 11.8. The number of nitrogens with two attached hydrogens (primary N) is 1. The van der Waals surface area contributed by atoms with Crippen LogP contribution in [0.25, 0.3) is 0 Å². The van der Waals surface area contributed by atoms with E-state index in [2.05, 4.69) is 10.6 Å². The maximum absolute atomic E-state index is 11.8. The van der Waals surface area contributed by atoms with Crippen molar-refractivity contribution >= 4 is 28.2 Å². The van der Waals surface area contributed by atoms with E-state index in [9.17, 15) is 9.59 Å². The number of carbonyl (C=O) groups is 2. The van der Waals surface area contributed by atoms with Crippen LogP contribution >= 0.6 is 11.3 Å². The molecule has 0 radical (unpaired) electrons. The minimum Gasteiger partial charge on any atom is -0.379 e. The quantitative estimate of drug-likeness (QED) is 0.725. The first-order valence-corrected chi connectivity index (χ1v) is 6.19. The summed E-state index contributed by atoms with van der Waals surface area (Å²) in [7, 11) is 3.32. The molecule has 0 unspecified atom stereocenters. The van der Waals surface area contributed by atoms with Gasteiger partial charge < -0.3 is 16.4 Å². The van der Waals surface area contributed by atoms with Gasteiger partial charge in [0.1, 0.15) is 5.00 Å². The summed E-state index contributed by atoms with van der Waals surface area (Å²) >= 11 is 1.49. The van der Waals surface area contributed by atoms with Crippen LogP contribution in [-0.2, 0) is 17.6 Å². The van der Waals surface area contributed by atoms with Gasteiger partial charge in [-0.3, -0.25) is 9.59 Å². The molecule has 0 aromatic carbocycles. The van der Waals surface area contributed by atoms with Crippen molar-refractivity contribution in [3.8, 4) is 0 Å². The third-order valence-corrected chi connectivity index (χ3v) is 3.84. The van der Waals surface area contributed by atoms with Crippen molar-refractivity contribution in [2.24, 2.45) is 5.73 Å². The molecular weight excluding hydrogens is 238 g/mol. The Hall–Kier alpha value is -1.56. The van der Waals surface area contributed by atoms with Crippen molar-refractivity contribution in [3.63, 3.8) is 0 Å². The van der Waals surface area contributed by atoms with Gasteiger partial charge in [-0.15, -0.1) is 11.3 Å². The summed E-state index contributed by atoms with van der Waals surface area (Å²) in [5, 5.41) is 6.34. The van der Waals surface area contributed by atoms with Crippen LogP contribution in [0.4, 0.5) is 5.00 Å². The van der Waals surface area contributed by atoms with Crippen molar-refractivity contribution < 1.29 is 9.59 Å². The molecule has 0 atom stereocenters. The van der Waals surface area contributed by atoms with Gasteiger partial charge in [0.25, 0.3) is 5.91 Å². The molecule has 0 aliphatic carbocycles. The topological polar surface area (TPSA) is 84.2 Å². The normalized spacial score (nSPS) is 10.1. The molecule has 4 N–H and O–H groups in total. The van der Waals surface area contributed by atoms with Crippen LogP contribution in [0, 0.1) is 0 Å². The fourth-order valence-electron chi connectivity index (χ4n) is 1.70. The number of thiophene rings is 1.